The largest absolute Gasteiger partial charge is 0.322 e. The van der Waals surface area contributed by atoms with Crippen LogP contribution in [0, 0.1) is 0 Å². The number of carbonyl (C=O) groups is 1. The van der Waals surface area contributed by atoms with E-state index in [1.54, 1.807) is 52.8 Å². The second kappa shape index (κ2) is 8.42. The van der Waals surface area contributed by atoms with Crippen LogP contribution in [-0.2, 0) is 10.0 Å². The Balaban J connectivity index is 1.75. The molecule has 1 atom stereocenters. The Morgan fingerprint density at radius 3 is 2.59 bits per heavy atom. The van der Waals surface area contributed by atoms with Gasteiger partial charge in [-0.05, 0) is 61.7 Å². The van der Waals surface area contributed by atoms with Crippen molar-refractivity contribution in [3.63, 3.8) is 0 Å². The van der Waals surface area contributed by atoms with E-state index in [9.17, 15) is 13.2 Å². The van der Waals surface area contributed by atoms with Crippen molar-refractivity contribution in [2.24, 2.45) is 0 Å². The third kappa shape index (κ3) is 4.51. The van der Waals surface area contributed by atoms with Crippen molar-refractivity contribution >= 4 is 33.2 Å². The summed E-state index contributed by atoms with van der Waals surface area (Å²) in [5.41, 5.74) is 0.975. The van der Waals surface area contributed by atoms with Gasteiger partial charge >= 0.3 is 0 Å². The Bertz CT molecular complexity index is 913. The summed E-state index contributed by atoms with van der Waals surface area (Å²) < 4.78 is 27.6. The molecule has 1 heterocycles. The fraction of sp³-hybridized carbons (Fsp3) is 0.350. The summed E-state index contributed by atoms with van der Waals surface area (Å²) in [6.45, 7) is 2.58. The first-order chi connectivity index (χ1) is 12.9. The molecular formula is C20H23ClN2O3S. The van der Waals surface area contributed by atoms with E-state index in [0.29, 0.717) is 22.8 Å². The maximum absolute atomic E-state index is 13.0. The van der Waals surface area contributed by atoms with Gasteiger partial charge < -0.3 is 5.32 Å². The molecule has 1 aliphatic heterocycles. The van der Waals surface area contributed by atoms with Crippen LogP contribution < -0.4 is 5.32 Å². The predicted octanol–water partition coefficient (Wildman–Crippen LogP) is 4.55. The van der Waals surface area contributed by atoms with E-state index in [4.69, 9.17) is 11.6 Å². The number of nitrogens with zero attached hydrogens (tertiary/aromatic N) is 1. The highest BCUT2D eigenvalue weighted by Crippen LogP contribution is 2.27. The van der Waals surface area contributed by atoms with Gasteiger partial charge in [0.05, 0.1) is 4.90 Å². The normalized spacial score (nSPS) is 18.2. The molecule has 0 spiro atoms. The lowest BCUT2D eigenvalue weighted by molar-refractivity contribution is 0.102. The van der Waals surface area contributed by atoms with Gasteiger partial charge in [0, 0.05) is 28.9 Å². The molecule has 2 aromatic rings. The number of benzene rings is 2. The van der Waals surface area contributed by atoms with Gasteiger partial charge in [-0.2, -0.15) is 4.31 Å². The van der Waals surface area contributed by atoms with E-state index in [2.05, 4.69) is 5.32 Å². The first-order valence-electron chi connectivity index (χ1n) is 9.10. The van der Waals surface area contributed by atoms with E-state index in [0.717, 1.165) is 25.7 Å². The average molecular weight is 407 g/mol. The molecule has 0 bridgehead atoms. The molecule has 7 heteroatoms. The van der Waals surface area contributed by atoms with Gasteiger partial charge in [-0.15, -0.1) is 0 Å². The van der Waals surface area contributed by atoms with E-state index in [1.807, 2.05) is 6.92 Å². The molecule has 2 aromatic carbocycles. The topological polar surface area (TPSA) is 66.5 Å². The van der Waals surface area contributed by atoms with E-state index < -0.39 is 10.0 Å². The van der Waals surface area contributed by atoms with Crippen molar-refractivity contribution in [2.75, 3.05) is 11.9 Å². The molecule has 1 amide bonds. The lowest BCUT2D eigenvalue weighted by Gasteiger charge is -2.34. The summed E-state index contributed by atoms with van der Waals surface area (Å²) in [4.78, 5) is 12.5. The standard InChI is InChI=1S/C20H23ClN2O3S/c1-2-18-8-3-4-13-23(18)27(25,26)19-11-9-17(10-12-19)22-20(24)15-6-5-7-16(21)14-15/h5-7,9-12,14,18H,2-4,8,13H2,1H3,(H,22,24)/t18-/m0/s1. The molecule has 5 nitrogen and oxygen atoms in total. The zero-order chi connectivity index (χ0) is 19.4. The number of carbonyl (C=O) groups excluding carboxylic acids is 1. The quantitative estimate of drug-likeness (QED) is 0.792. The Hall–Kier alpha value is -1.89. The third-order valence-electron chi connectivity index (χ3n) is 4.85. The number of sulfonamides is 1. The second-order valence-electron chi connectivity index (χ2n) is 6.66. The fourth-order valence-electron chi connectivity index (χ4n) is 3.38. The number of piperidine rings is 1. The molecule has 1 fully saturated rings. The summed E-state index contributed by atoms with van der Waals surface area (Å²) in [6, 6.07) is 13.0. The smallest absolute Gasteiger partial charge is 0.255 e. The number of nitrogens with one attached hydrogen (secondary N) is 1. The number of anilines is 1. The Kier molecular flexibility index (Phi) is 6.19. The number of hydrogen-bond acceptors (Lipinski definition) is 3. The minimum absolute atomic E-state index is 0.0611. The van der Waals surface area contributed by atoms with E-state index in [1.165, 1.54) is 0 Å². The van der Waals surface area contributed by atoms with E-state index in [-0.39, 0.29) is 16.8 Å². The third-order valence-corrected chi connectivity index (χ3v) is 7.05. The van der Waals surface area contributed by atoms with Crippen molar-refractivity contribution in [1.29, 1.82) is 0 Å². The summed E-state index contributed by atoms with van der Waals surface area (Å²) in [5, 5.41) is 3.24. The minimum Gasteiger partial charge on any atom is -0.322 e. The predicted molar refractivity (Wildman–Crippen MR) is 108 cm³/mol. The molecule has 1 N–H and O–H groups in total. The highest BCUT2D eigenvalue weighted by Gasteiger charge is 2.32. The van der Waals surface area contributed by atoms with Crippen LogP contribution >= 0.6 is 11.6 Å². The molecule has 0 aliphatic carbocycles. The van der Waals surface area contributed by atoms with Gasteiger partial charge in [-0.25, -0.2) is 8.42 Å². The fourth-order valence-corrected chi connectivity index (χ4v) is 5.33. The van der Waals surface area contributed by atoms with Crippen LogP contribution in [0.25, 0.3) is 0 Å². The second-order valence-corrected chi connectivity index (χ2v) is 8.99. The highest BCUT2D eigenvalue weighted by molar-refractivity contribution is 7.89. The maximum atomic E-state index is 13.0. The van der Waals surface area contributed by atoms with Gasteiger partial charge in [0.25, 0.3) is 5.91 Å². The molecule has 0 aromatic heterocycles. The van der Waals surface area contributed by atoms with Crippen LogP contribution in [0.1, 0.15) is 43.0 Å². The van der Waals surface area contributed by atoms with Crippen LogP contribution in [-0.4, -0.2) is 31.2 Å². The van der Waals surface area contributed by atoms with Crippen LogP contribution in [0.3, 0.4) is 0 Å². The van der Waals surface area contributed by atoms with Gasteiger partial charge in [-0.1, -0.05) is 31.0 Å². The molecule has 0 saturated carbocycles. The Morgan fingerprint density at radius 1 is 1.19 bits per heavy atom. The number of amides is 1. The first kappa shape index (κ1) is 19.9. The Labute approximate surface area is 165 Å². The molecule has 0 radical (unpaired) electrons. The molecule has 3 rings (SSSR count). The molecule has 27 heavy (non-hydrogen) atoms. The minimum atomic E-state index is -3.52. The number of halogens is 1. The lowest BCUT2D eigenvalue weighted by atomic mass is 10.0. The zero-order valence-corrected chi connectivity index (χ0v) is 16.8. The van der Waals surface area contributed by atoms with Gasteiger partial charge in [-0.3, -0.25) is 4.79 Å². The number of hydrogen-bond donors (Lipinski definition) is 1. The lowest BCUT2D eigenvalue weighted by Crippen LogP contribution is -2.43. The van der Waals surface area contributed by atoms with Gasteiger partial charge in [0.1, 0.15) is 0 Å². The van der Waals surface area contributed by atoms with Crippen LogP contribution in [0.2, 0.25) is 5.02 Å². The monoisotopic (exact) mass is 406 g/mol. The molecule has 1 saturated heterocycles. The van der Waals surface area contributed by atoms with Crippen molar-refractivity contribution < 1.29 is 13.2 Å². The summed E-state index contributed by atoms with van der Waals surface area (Å²) in [5.74, 6) is -0.296. The molecule has 0 unspecified atom stereocenters. The molecular weight excluding hydrogens is 384 g/mol. The highest BCUT2D eigenvalue weighted by atomic mass is 35.5. The number of rotatable bonds is 5. The Morgan fingerprint density at radius 2 is 1.93 bits per heavy atom. The van der Waals surface area contributed by atoms with Crippen molar-refractivity contribution in [2.45, 2.75) is 43.5 Å². The van der Waals surface area contributed by atoms with Gasteiger partial charge in [0.15, 0.2) is 0 Å². The van der Waals surface area contributed by atoms with Gasteiger partial charge in [0.2, 0.25) is 10.0 Å². The van der Waals surface area contributed by atoms with Crippen molar-refractivity contribution in [3.8, 4) is 0 Å². The zero-order valence-electron chi connectivity index (χ0n) is 15.2. The maximum Gasteiger partial charge on any atom is 0.255 e. The summed E-state index contributed by atoms with van der Waals surface area (Å²) in [7, 11) is -3.52. The van der Waals surface area contributed by atoms with Crippen LogP contribution in [0.15, 0.2) is 53.4 Å². The van der Waals surface area contributed by atoms with Crippen LogP contribution in [0.5, 0.6) is 0 Å². The SMILES string of the molecule is CC[C@H]1CCCCN1S(=O)(=O)c1ccc(NC(=O)c2cccc(Cl)c2)cc1. The van der Waals surface area contributed by atoms with E-state index >= 15 is 0 Å². The summed E-state index contributed by atoms with van der Waals surface area (Å²) >= 11 is 5.91. The van der Waals surface area contributed by atoms with Crippen LogP contribution in [0.4, 0.5) is 5.69 Å². The van der Waals surface area contributed by atoms with Crippen molar-refractivity contribution in [3.05, 3.63) is 59.1 Å². The summed E-state index contributed by atoms with van der Waals surface area (Å²) in [6.07, 6.45) is 3.68. The molecule has 1 aliphatic rings. The van der Waals surface area contributed by atoms with Crippen molar-refractivity contribution in [1.82, 2.24) is 4.31 Å². The first-order valence-corrected chi connectivity index (χ1v) is 10.9. The average Bonchev–Trinajstić information content (AvgIpc) is 2.68. The molecule has 144 valence electrons.